The number of phosphoric ester groups is 1. The third kappa shape index (κ3) is 72.7. The van der Waals surface area contributed by atoms with Crippen molar-refractivity contribution in [2.45, 2.75) is 450 Å². The number of carbonyl (C=O) groups excluding carboxylic acids is 1. The van der Waals surface area contributed by atoms with E-state index in [0.717, 1.165) is 38.5 Å². The van der Waals surface area contributed by atoms with E-state index in [9.17, 15) is 19.4 Å². The average molecular weight is 1260 g/mol. The van der Waals surface area contributed by atoms with Crippen molar-refractivity contribution in [3.63, 3.8) is 0 Å². The zero-order valence-corrected chi connectivity index (χ0v) is 61.4. The second-order valence-corrected chi connectivity index (χ2v) is 30.6. The minimum Gasteiger partial charge on any atom is -0.756 e. The summed E-state index contributed by atoms with van der Waals surface area (Å²) in [5, 5.41) is 14.0. The highest BCUT2D eigenvalue weighted by molar-refractivity contribution is 7.45. The van der Waals surface area contributed by atoms with Gasteiger partial charge in [-0.15, -0.1) is 0 Å². The Morgan fingerprint density at radius 3 is 0.852 bits per heavy atom. The molecular weight excluding hydrogens is 1100 g/mol. The maximum Gasteiger partial charge on any atom is 0.268 e. The molecule has 88 heavy (non-hydrogen) atoms. The molecule has 0 aromatic rings. The number of hydrogen-bond acceptors (Lipinski definition) is 6. The number of nitrogens with zero attached hydrogens (tertiary/aromatic N) is 1. The summed E-state index contributed by atoms with van der Waals surface area (Å²) >= 11 is 0. The Labute approximate surface area is 552 Å². The SMILES string of the molecule is CCCCCCCCCCCCCCCCCCCCCCCCCCCCCC/C=C/C(O)C(COP(=O)([O-])OCC[N+](C)(C)C)NC(=O)CCCCCCCCCCCCCCCCCCCCCCCCCCCCCCCCCCCCCC. The van der Waals surface area contributed by atoms with Crippen LogP contribution in [0.3, 0.4) is 0 Å². The molecule has 0 spiro atoms. The number of allylic oxidation sites excluding steroid dienone is 1. The second-order valence-electron chi connectivity index (χ2n) is 29.1. The van der Waals surface area contributed by atoms with Crippen molar-refractivity contribution in [3.8, 4) is 0 Å². The Morgan fingerprint density at radius 1 is 0.386 bits per heavy atom. The van der Waals surface area contributed by atoms with Gasteiger partial charge in [-0.3, -0.25) is 9.36 Å². The summed E-state index contributed by atoms with van der Waals surface area (Å²) in [6.07, 6.45) is 92.4. The molecule has 0 saturated heterocycles. The number of aliphatic hydroxyl groups excluding tert-OH is 1. The lowest BCUT2D eigenvalue weighted by Gasteiger charge is -2.29. The number of rotatable bonds is 76. The van der Waals surface area contributed by atoms with Gasteiger partial charge in [0.15, 0.2) is 0 Å². The molecule has 2 N–H and O–H groups in total. The summed E-state index contributed by atoms with van der Waals surface area (Å²) in [6, 6.07) is -0.885. The first-order valence-electron chi connectivity index (χ1n) is 40.1. The molecule has 0 fully saturated rings. The van der Waals surface area contributed by atoms with Gasteiger partial charge in [0.1, 0.15) is 13.2 Å². The van der Waals surface area contributed by atoms with Gasteiger partial charge in [-0.2, -0.15) is 0 Å². The molecule has 3 atom stereocenters. The number of quaternary nitrogens is 1. The molecule has 0 aromatic heterocycles. The number of unbranched alkanes of at least 4 members (excludes halogenated alkanes) is 63. The molecule has 0 aliphatic carbocycles. The molecule has 0 radical (unpaired) electrons. The van der Waals surface area contributed by atoms with Crippen LogP contribution in [0.5, 0.6) is 0 Å². The fourth-order valence-corrected chi connectivity index (χ4v) is 13.5. The molecule has 1 amide bonds. The van der Waals surface area contributed by atoms with Crippen LogP contribution in [0.1, 0.15) is 438 Å². The zero-order chi connectivity index (χ0) is 64.1. The summed E-state index contributed by atoms with van der Waals surface area (Å²) < 4.78 is 23.5. The molecular formula is C79H159N2O6P. The number of carbonyl (C=O) groups is 1. The Bertz CT molecular complexity index is 1440. The van der Waals surface area contributed by atoms with Crippen LogP contribution in [0.25, 0.3) is 0 Å². The number of aliphatic hydroxyl groups is 1. The third-order valence-electron chi connectivity index (χ3n) is 19.0. The summed E-state index contributed by atoms with van der Waals surface area (Å²) in [5.41, 5.74) is 0. The third-order valence-corrected chi connectivity index (χ3v) is 20.0. The Balaban J connectivity index is 3.92. The Hall–Kier alpha value is -0.760. The molecule has 0 rings (SSSR count). The highest BCUT2D eigenvalue weighted by Crippen LogP contribution is 2.38. The van der Waals surface area contributed by atoms with E-state index in [-0.39, 0.29) is 19.1 Å². The predicted octanol–water partition coefficient (Wildman–Crippen LogP) is 25.4. The van der Waals surface area contributed by atoms with E-state index in [4.69, 9.17) is 9.05 Å². The van der Waals surface area contributed by atoms with E-state index >= 15 is 0 Å². The highest BCUT2D eigenvalue weighted by Gasteiger charge is 2.23. The van der Waals surface area contributed by atoms with Crippen LogP contribution < -0.4 is 10.2 Å². The van der Waals surface area contributed by atoms with Crippen LogP contribution in [0.2, 0.25) is 0 Å². The van der Waals surface area contributed by atoms with E-state index in [2.05, 4.69) is 19.2 Å². The maximum atomic E-state index is 13.1. The van der Waals surface area contributed by atoms with E-state index in [1.54, 1.807) is 6.08 Å². The van der Waals surface area contributed by atoms with E-state index in [1.165, 1.54) is 379 Å². The smallest absolute Gasteiger partial charge is 0.268 e. The van der Waals surface area contributed by atoms with Crippen molar-refractivity contribution < 1.29 is 32.9 Å². The molecule has 0 aromatic carbocycles. The van der Waals surface area contributed by atoms with Gasteiger partial charge >= 0.3 is 0 Å². The molecule has 0 bridgehead atoms. The lowest BCUT2D eigenvalue weighted by atomic mass is 10.0. The van der Waals surface area contributed by atoms with Crippen molar-refractivity contribution in [1.29, 1.82) is 0 Å². The first-order chi connectivity index (χ1) is 43.0. The average Bonchev–Trinajstić information content (AvgIpc) is 3.58. The summed E-state index contributed by atoms with van der Waals surface area (Å²) in [6.45, 7) is 4.73. The van der Waals surface area contributed by atoms with Crippen LogP contribution in [-0.4, -0.2) is 68.5 Å². The lowest BCUT2D eigenvalue weighted by Crippen LogP contribution is -2.45. The second kappa shape index (κ2) is 70.6. The van der Waals surface area contributed by atoms with Gasteiger partial charge in [0.2, 0.25) is 5.91 Å². The van der Waals surface area contributed by atoms with Gasteiger partial charge in [0.05, 0.1) is 39.9 Å². The van der Waals surface area contributed by atoms with E-state index in [0.29, 0.717) is 17.4 Å². The van der Waals surface area contributed by atoms with Crippen molar-refractivity contribution in [2.24, 2.45) is 0 Å². The standard InChI is InChI=1S/C79H159N2O6P/c1-6-8-10-12-14-16-18-20-22-24-26-28-30-32-34-36-38-39-40-41-42-43-45-47-49-51-53-55-57-59-61-63-65-67-69-71-73-79(83)80-77(76-87-88(84,85)86-75-74-81(3,4)5)78(82)72-70-68-66-64-62-60-58-56-54-52-50-48-46-44-37-35-33-31-29-27-25-23-21-19-17-15-13-11-9-7-2/h70,72,77-78,82H,6-69,71,73-76H2,1-5H3,(H-,80,83,84,85)/b72-70+. The molecule has 0 aliphatic rings. The van der Waals surface area contributed by atoms with Crippen molar-refractivity contribution in [3.05, 3.63) is 12.2 Å². The van der Waals surface area contributed by atoms with Gasteiger partial charge in [0, 0.05) is 6.42 Å². The van der Waals surface area contributed by atoms with Crippen LogP contribution in [-0.2, 0) is 18.4 Å². The van der Waals surface area contributed by atoms with Crippen molar-refractivity contribution in [2.75, 3.05) is 40.9 Å². The van der Waals surface area contributed by atoms with Gasteiger partial charge in [-0.25, -0.2) is 0 Å². The molecule has 526 valence electrons. The minimum atomic E-state index is -4.60. The highest BCUT2D eigenvalue weighted by atomic mass is 31.2. The topological polar surface area (TPSA) is 108 Å². The largest absolute Gasteiger partial charge is 0.756 e. The molecule has 9 heteroatoms. The number of hydrogen-bond donors (Lipinski definition) is 2. The summed E-state index contributed by atoms with van der Waals surface area (Å²) in [7, 11) is 1.29. The van der Waals surface area contributed by atoms with Crippen molar-refractivity contribution >= 4 is 13.7 Å². The fourth-order valence-electron chi connectivity index (χ4n) is 12.8. The van der Waals surface area contributed by atoms with E-state index < -0.39 is 20.0 Å². The molecule has 8 nitrogen and oxygen atoms in total. The van der Waals surface area contributed by atoms with Gasteiger partial charge in [-0.05, 0) is 19.3 Å². The van der Waals surface area contributed by atoms with Gasteiger partial charge in [0.25, 0.3) is 7.82 Å². The number of phosphoric acid groups is 1. The molecule has 0 saturated carbocycles. The lowest BCUT2D eigenvalue weighted by molar-refractivity contribution is -0.870. The van der Waals surface area contributed by atoms with Crippen molar-refractivity contribution in [1.82, 2.24) is 5.32 Å². The fraction of sp³-hybridized carbons (Fsp3) is 0.962. The quantitative estimate of drug-likeness (QED) is 0.0272. The zero-order valence-electron chi connectivity index (χ0n) is 60.5. The minimum absolute atomic E-state index is 0.00317. The first-order valence-corrected chi connectivity index (χ1v) is 41.5. The predicted molar refractivity (Wildman–Crippen MR) is 386 cm³/mol. The number of amides is 1. The monoisotopic (exact) mass is 1260 g/mol. The summed E-state index contributed by atoms with van der Waals surface area (Å²) in [4.78, 5) is 25.7. The van der Waals surface area contributed by atoms with Gasteiger partial charge in [-0.1, -0.05) is 424 Å². The van der Waals surface area contributed by atoms with Crippen LogP contribution in [0.15, 0.2) is 12.2 Å². The normalized spacial score (nSPS) is 13.5. The van der Waals surface area contributed by atoms with Crippen LogP contribution >= 0.6 is 7.82 Å². The molecule has 3 unspecified atom stereocenters. The first kappa shape index (κ1) is 87.2. The Kier molecular flexibility index (Phi) is 69.9. The Morgan fingerprint density at radius 2 is 0.614 bits per heavy atom. The molecule has 0 aliphatic heterocycles. The maximum absolute atomic E-state index is 13.1. The van der Waals surface area contributed by atoms with Crippen LogP contribution in [0.4, 0.5) is 0 Å². The van der Waals surface area contributed by atoms with E-state index in [1.807, 2.05) is 27.2 Å². The van der Waals surface area contributed by atoms with Gasteiger partial charge < -0.3 is 28.8 Å². The number of nitrogens with one attached hydrogen (secondary N) is 1. The molecule has 0 heterocycles. The number of likely N-dealkylation sites (N-methyl/N-ethyl adjacent to an activating group) is 1. The van der Waals surface area contributed by atoms with Crippen LogP contribution in [0, 0.1) is 0 Å². The summed E-state index contributed by atoms with van der Waals surface area (Å²) in [5.74, 6) is -0.186.